The van der Waals surface area contributed by atoms with Crippen LogP contribution in [0.4, 0.5) is 0 Å². The number of nitrogens with zero attached hydrogens (tertiary/aromatic N) is 1. The van der Waals surface area contributed by atoms with Gasteiger partial charge in [0, 0.05) is 26.2 Å². The molecule has 0 aliphatic carbocycles. The van der Waals surface area contributed by atoms with Gasteiger partial charge in [-0.15, -0.1) is 0 Å². The fraction of sp³-hybridized carbons (Fsp3) is 1.00. The molecule has 0 spiro atoms. The van der Waals surface area contributed by atoms with Crippen molar-refractivity contribution in [2.24, 2.45) is 5.41 Å². The van der Waals surface area contributed by atoms with Gasteiger partial charge >= 0.3 is 0 Å². The number of nitrogens with one attached hydrogen (secondary N) is 1. The summed E-state index contributed by atoms with van der Waals surface area (Å²) in [4.78, 5) is 2.59. The molecule has 3 nitrogen and oxygen atoms in total. The Morgan fingerprint density at radius 3 is 2.67 bits per heavy atom. The maximum atomic E-state index is 5.31. The van der Waals surface area contributed by atoms with Crippen LogP contribution in [0.15, 0.2) is 0 Å². The molecule has 1 aliphatic rings. The van der Waals surface area contributed by atoms with Gasteiger partial charge in [-0.25, -0.2) is 0 Å². The molecule has 3 heteroatoms. The standard InChI is InChI=1S/C15H32N2O/c1-5-8-15(9-7-10-16-12-15)13-17(6-2)14(3)11-18-4/h14,16H,5-13H2,1-4H3. The van der Waals surface area contributed by atoms with E-state index in [9.17, 15) is 0 Å². The molecule has 2 unspecified atom stereocenters. The van der Waals surface area contributed by atoms with Gasteiger partial charge in [-0.05, 0) is 44.7 Å². The molecular weight excluding hydrogens is 224 g/mol. The van der Waals surface area contributed by atoms with Crippen LogP contribution in [0.1, 0.15) is 46.5 Å². The number of rotatable bonds is 8. The summed E-state index contributed by atoms with van der Waals surface area (Å²) in [5.74, 6) is 0. The van der Waals surface area contributed by atoms with Crippen molar-refractivity contribution in [3.8, 4) is 0 Å². The zero-order valence-electron chi connectivity index (χ0n) is 12.8. The molecule has 0 aromatic carbocycles. The van der Waals surface area contributed by atoms with Crippen LogP contribution in [0, 0.1) is 5.41 Å². The summed E-state index contributed by atoms with van der Waals surface area (Å²) in [6, 6.07) is 0.524. The quantitative estimate of drug-likeness (QED) is 0.722. The van der Waals surface area contributed by atoms with Crippen molar-refractivity contribution in [2.75, 3.05) is 39.9 Å². The molecule has 1 saturated heterocycles. The van der Waals surface area contributed by atoms with E-state index in [1.165, 1.54) is 45.3 Å². The number of likely N-dealkylation sites (N-methyl/N-ethyl adjacent to an activating group) is 1. The highest BCUT2D eigenvalue weighted by Crippen LogP contribution is 2.33. The van der Waals surface area contributed by atoms with Crippen LogP contribution in [0.5, 0.6) is 0 Å². The summed E-state index contributed by atoms with van der Waals surface area (Å²) in [7, 11) is 1.80. The van der Waals surface area contributed by atoms with Gasteiger partial charge in [0.2, 0.25) is 0 Å². The van der Waals surface area contributed by atoms with E-state index in [1.54, 1.807) is 7.11 Å². The van der Waals surface area contributed by atoms with Crippen LogP contribution in [-0.2, 0) is 4.74 Å². The molecule has 1 rings (SSSR count). The van der Waals surface area contributed by atoms with Gasteiger partial charge in [-0.1, -0.05) is 20.3 Å². The lowest BCUT2D eigenvalue weighted by Crippen LogP contribution is -2.50. The Morgan fingerprint density at radius 2 is 2.17 bits per heavy atom. The lowest BCUT2D eigenvalue weighted by atomic mass is 9.76. The first-order chi connectivity index (χ1) is 8.67. The maximum Gasteiger partial charge on any atom is 0.0615 e. The molecule has 1 aliphatic heterocycles. The molecule has 0 aromatic heterocycles. The number of piperidine rings is 1. The smallest absolute Gasteiger partial charge is 0.0615 e. The second-order valence-electron chi connectivity index (χ2n) is 5.90. The fourth-order valence-electron chi connectivity index (χ4n) is 3.34. The van der Waals surface area contributed by atoms with Crippen molar-refractivity contribution in [3.63, 3.8) is 0 Å². The third-order valence-corrected chi connectivity index (χ3v) is 4.32. The van der Waals surface area contributed by atoms with Crippen molar-refractivity contribution < 1.29 is 4.74 Å². The molecule has 0 aromatic rings. The van der Waals surface area contributed by atoms with Gasteiger partial charge in [0.1, 0.15) is 0 Å². The first-order valence-corrected chi connectivity index (χ1v) is 7.61. The van der Waals surface area contributed by atoms with Crippen molar-refractivity contribution in [1.82, 2.24) is 10.2 Å². The minimum Gasteiger partial charge on any atom is -0.383 e. The lowest BCUT2D eigenvalue weighted by Gasteiger charge is -2.43. The van der Waals surface area contributed by atoms with E-state index in [4.69, 9.17) is 4.74 Å². The van der Waals surface area contributed by atoms with Crippen LogP contribution < -0.4 is 5.32 Å². The Kier molecular flexibility index (Phi) is 7.20. The summed E-state index contributed by atoms with van der Waals surface area (Å²) in [5.41, 5.74) is 0.491. The molecule has 108 valence electrons. The van der Waals surface area contributed by atoms with E-state index >= 15 is 0 Å². The number of hydrogen-bond donors (Lipinski definition) is 1. The van der Waals surface area contributed by atoms with E-state index in [2.05, 4.69) is 31.0 Å². The van der Waals surface area contributed by atoms with E-state index in [-0.39, 0.29) is 0 Å². The van der Waals surface area contributed by atoms with Crippen molar-refractivity contribution >= 4 is 0 Å². The number of methoxy groups -OCH3 is 1. The highest BCUT2D eigenvalue weighted by molar-refractivity contribution is 4.89. The largest absolute Gasteiger partial charge is 0.383 e. The summed E-state index contributed by atoms with van der Waals surface area (Å²) in [6.45, 7) is 12.4. The molecule has 0 saturated carbocycles. The molecule has 0 bridgehead atoms. The minimum atomic E-state index is 0.491. The molecular formula is C15H32N2O. The normalized spacial score (nSPS) is 26.5. The summed E-state index contributed by atoms with van der Waals surface area (Å²) in [6.07, 6.45) is 5.34. The second-order valence-corrected chi connectivity index (χ2v) is 5.90. The molecule has 0 amide bonds. The summed E-state index contributed by atoms with van der Waals surface area (Å²) in [5, 5.41) is 3.60. The predicted octanol–water partition coefficient (Wildman–Crippen LogP) is 2.51. The molecule has 0 radical (unpaired) electrons. The van der Waals surface area contributed by atoms with Gasteiger partial charge in [0.25, 0.3) is 0 Å². The average Bonchev–Trinajstić information content (AvgIpc) is 2.38. The van der Waals surface area contributed by atoms with E-state index < -0.39 is 0 Å². The third-order valence-electron chi connectivity index (χ3n) is 4.32. The van der Waals surface area contributed by atoms with E-state index in [0.29, 0.717) is 11.5 Å². The van der Waals surface area contributed by atoms with Crippen LogP contribution in [0.3, 0.4) is 0 Å². The molecule has 18 heavy (non-hydrogen) atoms. The van der Waals surface area contributed by atoms with Gasteiger partial charge in [0.15, 0.2) is 0 Å². The molecule has 2 atom stereocenters. The molecule has 1 fully saturated rings. The molecule has 1 N–H and O–H groups in total. The minimum absolute atomic E-state index is 0.491. The third kappa shape index (κ3) is 4.52. The number of ether oxygens (including phenoxy) is 1. The fourth-order valence-corrected chi connectivity index (χ4v) is 3.34. The number of hydrogen-bond acceptors (Lipinski definition) is 3. The SMILES string of the molecule is CCCC1(CN(CC)C(C)COC)CCCNC1. The van der Waals surface area contributed by atoms with Crippen molar-refractivity contribution in [3.05, 3.63) is 0 Å². The van der Waals surface area contributed by atoms with Crippen LogP contribution in [-0.4, -0.2) is 50.8 Å². The monoisotopic (exact) mass is 256 g/mol. The Labute approximate surface area is 113 Å². The van der Waals surface area contributed by atoms with Gasteiger partial charge in [-0.2, -0.15) is 0 Å². The topological polar surface area (TPSA) is 24.5 Å². The summed E-state index contributed by atoms with van der Waals surface area (Å²) >= 11 is 0. The van der Waals surface area contributed by atoms with Gasteiger partial charge < -0.3 is 10.1 Å². The second kappa shape index (κ2) is 8.13. The highest BCUT2D eigenvalue weighted by atomic mass is 16.5. The van der Waals surface area contributed by atoms with Crippen LogP contribution in [0.2, 0.25) is 0 Å². The Hall–Kier alpha value is -0.120. The lowest BCUT2D eigenvalue weighted by molar-refractivity contribution is 0.0499. The van der Waals surface area contributed by atoms with Crippen LogP contribution in [0.25, 0.3) is 0 Å². The van der Waals surface area contributed by atoms with E-state index in [0.717, 1.165) is 13.2 Å². The zero-order valence-corrected chi connectivity index (χ0v) is 12.8. The van der Waals surface area contributed by atoms with Gasteiger partial charge in [0.05, 0.1) is 6.61 Å². The van der Waals surface area contributed by atoms with E-state index in [1.807, 2.05) is 0 Å². The average molecular weight is 256 g/mol. The Bertz CT molecular complexity index is 209. The maximum absolute atomic E-state index is 5.31. The Morgan fingerprint density at radius 1 is 1.39 bits per heavy atom. The first kappa shape index (κ1) is 15.9. The van der Waals surface area contributed by atoms with Crippen LogP contribution >= 0.6 is 0 Å². The summed E-state index contributed by atoms with van der Waals surface area (Å²) < 4.78 is 5.31. The molecule has 1 heterocycles. The van der Waals surface area contributed by atoms with Gasteiger partial charge in [-0.3, -0.25) is 4.90 Å². The zero-order chi connectivity index (χ0) is 13.4. The Balaban J connectivity index is 2.61. The first-order valence-electron chi connectivity index (χ1n) is 7.61. The van der Waals surface area contributed by atoms with Crippen molar-refractivity contribution in [1.29, 1.82) is 0 Å². The highest BCUT2D eigenvalue weighted by Gasteiger charge is 2.33. The van der Waals surface area contributed by atoms with Crippen molar-refractivity contribution in [2.45, 2.75) is 52.5 Å². The predicted molar refractivity (Wildman–Crippen MR) is 78.0 cm³/mol.